The lowest BCUT2D eigenvalue weighted by molar-refractivity contribution is -0.143. The molecule has 0 saturated carbocycles. The number of carbonyl (C=O) groups is 2. The van der Waals surface area contributed by atoms with Crippen molar-refractivity contribution >= 4 is 11.9 Å². The number of rotatable bonds is 55. The summed E-state index contributed by atoms with van der Waals surface area (Å²) in [6.07, 6.45) is 67.7. The van der Waals surface area contributed by atoms with Gasteiger partial charge in [-0.15, -0.1) is 0 Å². The summed E-state index contributed by atoms with van der Waals surface area (Å²) in [6.45, 7) is 4.90. The maximum Gasteiger partial charge on any atom is 0.305 e. The van der Waals surface area contributed by atoms with Crippen molar-refractivity contribution in [2.75, 3.05) is 13.2 Å². The Kier molecular flexibility index (Phi) is 54.5. The van der Waals surface area contributed by atoms with Gasteiger partial charge in [-0.25, -0.2) is 0 Å². The van der Waals surface area contributed by atoms with E-state index in [1.807, 2.05) is 6.08 Å². The lowest BCUT2D eigenvalue weighted by atomic mass is 10.0. The highest BCUT2D eigenvalue weighted by atomic mass is 16.5. The molecule has 0 heterocycles. The molecule has 0 spiro atoms. The zero-order valence-corrected chi connectivity index (χ0v) is 44.4. The fraction of sp³-hybridized carbons (Fsp3) is 0.900. The van der Waals surface area contributed by atoms with Crippen molar-refractivity contribution in [1.82, 2.24) is 5.32 Å². The monoisotopic (exact) mass is 930 g/mol. The van der Waals surface area contributed by atoms with Crippen molar-refractivity contribution in [3.63, 3.8) is 0 Å². The number of ether oxygens (including phenoxy) is 1. The van der Waals surface area contributed by atoms with Gasteiger partial charge in [0.05, 0.1) is 25.4 Å². The van der Waals surface area contributed by atoms with Gasteiger partial charge in [0.15, 0.2) is 0 Å². The Morgan fingerprint density at radius 3 is 1.08 bits per heavy atom. The van der Waals surface area contributed by atoms with Crippen LogP contribution >= 0.6 is 0 Å². The van der Waals surface area contributed by atoms with E-state index in [0.29, 0.717) is 19.4 Å². The quantitative estimate of drug-likeness (QED) is 0.0321. The molecule has 0 aromatic heterocycles. The van der Waals surface area contributed by atoms with E-state index < -0.39 is 12.1 Å². The van der Waals surface area contributed by atoms with Crippen molar-refractivity contribution in [2.45, 2.75) is 334 Å². The fourth-order valence-corrected chi connectivity index (χ4v) is 9.16. The second kappa shape index (κ2) is 55.9. The predicted octanol–water partition coefficient (Wildman–Crippen LogP) is 18.2. The topological polar surface area (TPSA) is 95.9 Å². The Bertz CT molecular complexity index is 1030. The van der Waals surface area contributed by atoms with E-state index >= 15 is 0 Å². The van der Waals surface area contributed by atoms with Gasteiger partial charge in [-0.05, 0) is 57.8 Å². The number of aliphatic hydroxyl groups excluding tert-OH is 2. The highest BCUT2D eigenvalue weighted by molar-refractivity contribution is 5.76. The van der Waals surface area contributed by atoms with Crippen LogP contribution in [0, 0.1) is 0 Å². The largest absolute Gasteiger partial charge is 0.466 e. The van der Waals surface area contributed by atoms with Gasteiger partial charge in [-0.3, -0.25) is 9.59 Å². The minimum Gasteiger partial charge on any atom is -0.466 e. The Balaban J connectivity index is 3.48. The van der Waals surface area contributed by atoms with Crippen molar-refractivity contribution in [3.05, 3.63) is 24.3 Å². The molecule has 66 heavy (non-hydrogen) atoms. The Morgan fingerprint density at radius 1 is 0.409 bits per heavy atom. The van der Waals surface area contributed by atoms with Crippen LogP contribution in [0.4, 0.5) is 0 Å². The lowest BCUT2D eigenvalue weighted by Gasteiger charge is -2.20. The molecule has 0 rings (SSSR count). The Morgan fingerprint density at radius 2 is 0.712 bits per heavy atom. The van der Waals surface area contributed by atoms with Gasteiger partial charge < -0.3 is 20.3 Å². The van der Waals surface area contributed by atoms with E-state index in [2.05, 4.69) is 31.3 Å². The van der Waals surface area contributed by atoms with Gasteiger partial charge in [-0.2, -0.15) is 0 Å². The first-order valence-corrected chi connectivity index (χ1v) is 29.6. The molecule has 0 aromatic carbocycles. The Hall–Kier alpha value is -1.66. The molecular weight excluding hydrogens is 815 g/mol. The highest BCUT2D eigenvalue weighted by Gasteiger charge is 2.18. The van der Waals surface area contributed by atoms with Crippen LogP contribution in [-0.2, 0) is 14.3 Å². The van der Waals surface area contributed by atoms with E-state index in [1.54, 1.807) is 6.08 Å². The van der Waals surface area contributed by atoms with Gasteiger partial charge in [0, 0.05) is 12.8 Å². The second-order valence-electron chi connectivity index (χ2n) is 20.3. The van der Waals surface area contributed by atoms with Crippen LogP contribution in [0.1, 0.15) is 322 Å². The second-order valence-corrected chi connectivity index (χ2v) is 20.3. The Labute approximate surface area is 411 Å². The normalized spacial score (nSPS) is 12.7. The molecule has 6 nitrogen and oxygen atoms in total. The molecule has 2 atom stereocenters. The zero-order valence-electron chi connectivity index (χ0n) is 44.4. The number of amides is 1. The molecular formula is C60H115NO5. The molecule has 0 radical (unpaired) electrons. The number of nitrogens with one attached hydrogen (secondary N) is 1. The van der Waals surface area contributed by atoms with E-state index in [0.717, 1.165) is 57.8 Å². The van der Waals surface area contributed by atoms with Gasteiger partial charge >= 0.3 is 5.97 Å². The SMILES string of the molecule is CCCCCCCCCCCCCCCCCC/C=C/C(O)C(CO)NC(=O)CCCCCCCCC/C=C\CCCCCCCCOC(=O)CCCCCCCCCCCCCCCC. The minimum atomic E-state index is -0.852. The first-order chi connectivity index (χ1) is 32.5. The molecule has 6 heteroatoms. The molecule has 0 bridgehead atoms. The van der Waals surface area contributed by atoms with Crippen LogP contribution in [0.15, 0.2) is 24.3 Å². The summed E-state index contributed by atoms with van der Waals surface area (Å²) in [5, 5.41) is 23.1. The summed E-state index contributed by atoms with van der Waals surface area (Å²) < 4.78 is 5.47. The molecule has 0 saturated heterocycles. The third-order valence-electron chi connectivity index (χ3n) is 13.7. The van der Waals surface area contributed by atoms with Crippen molar-refractivity contribution in [1.29, 1.82) is 0 Å². The highest BCUT2D eigenvalue weighted by Crippen LogP contribution is 2.17. The third kappa shape index (κ3) is 51.7. The number of aliphatic hydroxyl groups is 2. The van der Waals surface area contributed by atoms with E-state index in [1.165, 1.54) is 238 Å². The van der Waals surface area contributed by atoms with Crippen LogP contribution in [0.5, 0.6) is 0 Å². The molecule has 0 aliphatic carbocycles. The molecule has 0 aliphatic heterocycles. The predicted molar refractivity (Wildman–Crippen MR) is 287 cm³/mol. The maximum atomic E-state index is 12.5. The number of unbranched alkanes of at least 4 members (excludes halogenated alkanes) is 42. The summed E-state index contributed by atoms with van der Waals surface area (Å²) in [4.78, 5) is 24.5. The molecule has 390 valence electrons. The number of carbonyl (C=O) groups excluding carboxylic acids is 2. The number of hydrogen-bond donors (Lipinski definition) is 3. The first kappa shape index (κ1) is 64.3. The van der Waals surface area contributed by atoms with E-state index in [-0.39, 0.29) is 18.5 Å². The van der Waals surface area contributed by atoms with Crippen LogP contribution in [0.2, 0.25) is 0 Å². The van der Waals surface area contributed by atoms with Crippen LogP contribution in [0.25, 0.3) is 0 Å². The number of esters is 1. The van der Waals surface area contributed by atoms with E-state index in [9.17, 15) is 19.8 Å². The average molecular weight is 931 g/mol. The van der Waals surface area contributed by atoms with Crippen molar-refractivity contribution in [3.8, 4) is 0 Å². The summed E-state index contributed by atoms with van der Waals surface area (Å²) in [6, 6.07) is -0.637. The van der Waals surface area contributed by atoms with Gasteiger partial charge in [-0.1, -0.05) is 276 Å². The molecule has 0 aliphatic rings. The molecule has 1 amide bonds. The summed E-state index contributed by atoms with van der Waals surface area (Å²) >= 11 is 0. The van der Waals surface area contributed by atoms with Gasteiger partial charge in [0.1, 0.15) is 0 Å². The van der Waals surface area contributed by atoms with Crippen LogP contribution < -0.4 is 5.32 Å². The van der Waals surface area contributed by atoms with Crippen LogP contribution in [0.3, 0.4) is 0 Å². The van der Waals surface area contributed by atoms with Crippen molar-refractivity contribution in [2.24, 2.45) is 0 Å². The molecule has 2 unspecified atom stereocenters. The van der Waals surface area contributed by atoms with Gasteiger partial charge in [0.25, 0.3) is 0 Å². The zero-order chi connectivity index (χ0) is 47.9. The van der Waals surface area contributed by atoms with Crippen molar-refractivity contribution < 1.29 is 24.5 Å². The lowest BCUT2D eigenvalue weighted by Crippen LogP contribution is -2.45. The average Bonchev–Trinajstić information content (AvgIpc) is 3.32. The molecule has 3 N–H and O–H groups in total. The van der Waals surface area contributed by atoms with Crippen LogP contribution in [-0.4, -0.2) is 47.4 Å². The molecule has 0 fully saturated rings. The smallest absolute Gasteiger partial charge is 0.305 e. The number of hydrogen-bond acceptors (Lipinski definition) is 5. The fourth-order valence-electron chi connectivity index (χ4n) is 9.16. The minimum absolute atomic E-state index is 0.000194. The molecule has 0 aromatic rings. The van der Waals surface area contributed by atoms with Gasteiger partial charge in [0.2, 0.25) is 5.91 Å². The number of allylic oxidation sites excluding steroid dienone is 3. The summed E-state index contributed by atoms with van der Waals surface area (Å²) in [7, 11) is 0. The third-order valence-corrected chi connectivity index (χ3v) is 13.7. The van der Waals surface area contributed by atoms with E-state index in [4.69, 9.17) is 4.74 Å². The maximum absolute atomic E-state index is 12.5. The summed E-state index contributed by atoms with van der Waals surface area (Å²) in [5.41, 5.74) is 0. The standard InChI is InChI=1S/C60H115NO5/c1-3-5-7-9-11-13-15-17-19-20-22-25-28-32-36-40-44-48-52-58(63)57(56-62)61-59(64)53-49-45-41-37-33-29-26-23-21-24-27-31-35-39-43-47-51-55-66-60(65)54-50-46-42-38-34-30-18-16-14-12-10-8-6-4-2/h21,24,48,52,57-58,62-63H,3-20,22-23,25-47,49-51,53-56H2,1-2H3,(H,61,64)/b24-21-,52-48+. The first-order valence-electron chi connectivity index (χ1n) is 29.6. The summed E-state index contributed by atoms with van der Waals surface area (Å²) in [5.74, 6) is -0.0780.